The largest absolute Gasteiger partial charge is 0.339 e. The van der Waals surface area contributed by atoms with E-state index in [1.165, 1.54) is 0 Å². The van der Waals surface area contributed by atoms with E-state index >= 15 is 0 Å². The Morgan fingerprint density at radius 1 is 1.35 bits per heavy atom. The highest BCUT2D eigenvalue weighted by molar-refractivity contribution is 7.09. The molecule has 0 aliphatic carbocycles. The molecule has 0 amide bonds. The molecule has 0 spiro atoms. The fourth-order valence-electron chi connectivity index (χ4n) is 2.82. The van der Waals surface area contributed by atoms with E-state index in [1.54, 1.807) is 11.3 Å². The lowest BCUT2D eigenvalue weighted by Gasteiger charge is -2.33. The van der Waals surface area contributed by atoms with E-state index < -0.39 is 0 Å². The van der Waals surface area contributed by atoms with Gasteiger partial charge in [-0.05, 0) is 39.3 Å². The van der Waals surface area contributed by atoms with Crippen molar-refractivity contribution >= 4 is 11.3 Å². The van der Waals surface area contributed by atoms with Gasteiger partial charge in [0.25, 0.3) is 0 Å². The molecule has 2 aromatic rings. The fraction of sp³-hybridized carbons (Fsp3) is 0.643. The average Bonchev–Trinajstić information content (AvgIpc) is 3.10. The maximum absolute atomic E-state index is 5.56. The van der Waals surface area contributed by atoms with E-state index in [-0.39, 0.29) is 5.41 Å². The average molecular weight is 292 g/mol. The normalized spacial score (nSPS) is 18.3. The maximum atomic E-state index is 5.56. The topological polar surface area (TPSA) is 63.8 Å². The molecule has 6 heteroatoms. The zero-order valence-corrected chi connectivity index (χ0v) is 12.8. The van der Waals surface area contributed by atoms with Crippen LogP contribution >= 0.6 is 11.3 Å². The first kappa shape index (κ1) is 13.7. The Hall–Kier alpha value is -1.27. The lowest BCUT2D eigenvalue weighted by Crippen LogP contribution is -2.39. The van der Waals surface area contributed by atoms with Gasteiger partial charge >= 0.3 is 0 Å². The van der Waals surface area contributed by atoms with Crippen molar-refractivity contribution in [2.24, 2.45) is 0 Å². The van der Waals surface area contributed by atoms with Gasteiger partial charge in [0.15, 0.2) is 5.82 Å². The Morgan fingerprint density at radius 3 is 2.80 bits per heavy atom. The number of rotatable bonds is 4. The minimum atomic E-state index is 0.0640. The van der Waals surface area contributed by atoms with Crippen molar-refractivity contribution in [1.82, 2.24) is 20.4 Å². The number of aryl methyl sites for hydroxylation is 1. The van der Waals surface area contributed by atoms with Gasteiger partial charge in [-0.25, -0.2) is 4.98 Å². The molecule has 1 fully saturated rings. The van der Waals surface area contributed by atoms with E-state index in [0.717, 1.165) is 54.8 Å². The van der Waals surface area contributed by atoms with Gasteiger partial charge in [0.05, 0.1) is 22.5 Å². The second-order valence-electron chi connectivity index (χ2n) is 5.43. The van der Waals surface area contributed by atoms with Crippen molar-refractivity contribution in [3.8, 4) is 0 Å². The van der Waals surface area contributed by atoms with E-state index in [4.69, 9.17) is 4.52 Å². The number of nitrogens with zero attached hydrogens (tertiary/aromatic N) is 3. The van der Waals surface area contributed by atoms with Crippen molar-refractivity contribution in [1.29, 1.82) is 0 Å². The van der Waals surface area contributed by atoms with E-state index in [2.05, 4.69) is 32.7 Å². The van der Waals surface area contributed by atoms with E-state index in [1.807, 2.05) is 6.92 Å². The number of aromatic nitrogens is 3. The third-order valence-corrected chi connectivity index (χ3v) is 4.99. The van der Waals surface area contributed by atoms with Crippen LogP contribution < -0.4 is 5.32 Å². The molecule has 2 aromatic heterocycles. The highest BCUT2D eigenvalue weighted by atomic mass is 32.1. The summed E-state index contributed by atoms with van der Waals surface area (Å²) < 4.78 is 5.56. The molecule has 1 saturated heterocycles. The van der Waals surface area contributed by atoms with Crippen LogP contribution in [0.1, 0.15) is 48.6 Å². The molecule has 1 aliphatic rings. The molecule has 108 valence electrons. The molecule has 0 atom stereocenters. The van der Waals surface area contributed by atoms with Crippen LogP contribution in [0.2, 0.25) is 0 Å². The smallest absolute Gasteiger partial charge is 0.232 e. The Balaban J connectivity index is 1.78. The molecule has 0 bridgehead atoms. The lowest BCUT2D eigenvalue weighted by molar-refractivity contribution is 0.216. The minimum absolute atomic E-state index is 0.0640. The van der Waals surface area contributed by atoms with Gasteiger partial charge in [-0.3, -0.25) is 0 Å². The first-order valence-corrected chi connectivity index (χ1v) is 8.04. The van der Waals surface area contributed by atoms with E-state index in [9.17, 15) is 0 Å². The number of nitrogens with one attached hydrogen (secondary N) is 1. The van der Waals surface area contributed by atoms with Crippen molar-refractivity contribution in [3.63, 3.8) is 0 Å². The van der Waals surface area contributed by atoms with Gasteiger partial charge in [-0.15, -0.1) is 11.3 Å². The van der Waals surface area contributed by atoms with Crippen molar-refractivity contribution in [2.75, 3.05) is 13.1 Å². The van der Waals surface area contributed by atoms with Gasteiger partial charge < -0.3 is 9.84 Å². The number of piperidine rings is 1. The second kappa shape index (κ2) is 5.61. The number of hydrogen-bond donors (Lipinski definition) is 1. The molecule has 1 N–H and O–H groups in total. The molecule has 1 aliphatic heterocycles. The summed E-state index contributed by atoms with van der Waals surface area (Å²) in [4.78, 5) is 9.09. The predicted molar refractivity (Wildman–Crippen MR) is 78.0 cm³/mol. The zero-order chi connectivity index (χ0) is 14.0. The molecule has 20 heavy (non-hydrogen) atoms. The highest BCUT2D eigenvalue weighted by Gasteiger charge is 2.37. The molecule has 5 nitrogen and oxygen atoms in total. The first-order chi connectivity index (χ1) is 9.72. The molecule has 0 radical (unpaired) electrons. The summed E-state index contributed by atoms with van der Waals surface area (Å²) in [6, 6.07) is 0. The van der Waals surface area contributed by atoms with Gasteiger partial charge in [0, 0.05) is 5.38 Å². The van der Waals surface area contributed by atoms with Crippen molar-refractivity contribution < 1.29 is 4.52 Å². The molecule has 3 heterocycles. The van der Waals surface area contributed by atoms with Crippen molar-refractivity contribution in [2.45, 2.75) is 44.9 Å². The molecular weight excluding hydrogens is 272 g/mol. The summed E-state index contributed by atoms with van der Waals surface area (Å²) in [6.07, 6.45) is 3.85. The summed E-state index contributed by atoms with van der Waals surface area (Å²) in [5.74, 6) is 1.56. The van der Waals surface area contributed by atoms with Crippen LogP contribution in [0, 0.1) is 6.92 Å². The van der Waals surface area contributed by atoms with Crippen LogP contribution in [-0.2, 0) is 11.8 Å². The Kier molecular flexibility index (Phi) is 3.85. The van der Waals surface area contributed by atoms with Crippen LogP contribution in [0.15, 0.2) is 9.90 Å². The molecular formula is C14H20N4OS. The quantitative estimate of drug-likeness (QED) is 0.938. The molecule has 0 aromatic carbocycles. The summed E-state index contributed by atoms with van der Waals surface area (Å²) in [6.45, 7) is 6.27. The second-order valence-corrected chi connectivity index (χ2v) is 6.50. The maximum Gasteiger partial charge on any atom is 0.232 e. The first-order valence-electron chi connectivity index (χ1n) is 7.17. The van der Waals surface area contributed by atoms with Gasteiger partial charge in [-0.1, -0.05) is 12.1 Å². The fourth-order valence-corrected chi connectivity index (χ4v) is 3.43. The van der Waals surface area contributed by atoms with Crippen LogP contribution in [0.3, 0.4) is 0 Å². The van der Waals surface area contributed by atoms with Crippen LogP contribution in [0.4, 0.5) is 0 Å². The van der Waals surface area contributed by atoms with Crippen molar-refractivity contribution in [3.05, 3.63) is 27.8 Å². The standard InChI is InChI=1S/C14H20N4OS/c1-3-14(4-6-15-7-5-14)13-17-12(18-19-13)8-11-9-20-10(2)16-11/h9,15H,3-8H2,1-2H3. The summed E-state index contributed by atoms with van der Waals surface area (Å²) in [5.41, 5.74) is 1.09. The Morgan fingerprint density at radius 2 is 2.15 bits per heavy atom. The zero-order valence-electron chi connectivity index (χ0n) is 12.0. The van der Waals surface area contributed by atoms with Crippen LogP contribution in [0.5, 0.6) is 0 Å². The van der Waals surface area contributed by atoms with Gasteiger partial charge in [-0.2, -0.15) is 4.98 Å². The summed E-state index contributed by atoms with van der Waals surface area (Å²) in [5, 5.41) is 10.7. The van der Waals surface area contributed by atoms with Crippen LogP contribution in [0.25, 0.3) is 0 Å². The molecule has 0 unspecified atom stereocenters. The van der Waals surface area contributed by atoms with Crippen LogP contribution in [-0.4, -0.2) is 28.2 Å². The monoisotopic (exact) mass is 292 g/mol. The Labute approximate surface area is 122 Å². The number of thiazole rings is 1. The molecule has 0 saturated carbocycles. The SMILES string of the molecule is CCC1(c2nc(Cc3csc(C)n3)no2)CCNCC1. The number of hydrogen-bond acceptors (Lipinski definition) is 6. The van der Waals surface area contributed by atoms with E-state index in [0.29, 0.717) is 6.42 Å². The van der Waals surface area contributed by atoms with Gasteiger partial charge in [0.1, 0.15) is 0 Å². The molecule has 3 rings (SSSR count). The Bertz CT molecular complexity index is 571. The van der Waals surface area contributed by atoms with Gasteiger partial charge in [0.2, 0.25) is 5.89 Å². The lowest BCUT2D eigenvalue weighted by atomic mass is 9.76. The summed E-state index contributed by atoms with van der Waals surface area (Å²) in [7, 11) is 0. The third-order valence-electron chi connectivity index (χ3n) is 4.17. The summed E-state index contributed by atoms with van der Waals surface area (Å²) >= 11 is 1.66. The highest BCUT2D eigenvalue weighted by Crippen LogP contribution is 2.35. The minimum Gasteiger partial charge on any atom is -0.339 e. The third kappa shape index (κ3) is 2.62. The predicted octanol–water partition coefficient (Wildman–Crippen LogP) is 2.46.